The van der Waals surface area contributed by atoms with Crippen LogP contribution in [0.25, 0.3) is 0 Å². The molecule has 1 unspecified atom stereocenters. The Hall–Kier alpha value is -1.40. The number of thioether (sulfide) groups is 1. The maximum Gasteiger partial charge on any atom is 0.319 e. The molecule has 0 aromatic heterocycles. The third-order valence-electron chi connectivity index (χ3n) is 2.37. The average molecular weight is 324 g/mol. The fourth-order valence-corrected chi connectivity index (χ4v) is 2.77. The molecule has 0 heterocycles. The van der Waals surface area contributed by atoms with Crippen molar-refractivity contribution in [1.29, 1.82) is 0 Å². The third-order valence-corrected chi connectivity index (χ3v) is 3.75. The van der Waals surface area contributed by atoms with E-state index in [1.165, 1.54) is 11.8 Å². The number of nitrogens with zero attached hydrogens (tertiary/aromatic N) is 2. The Morgan fingerprint density at radius 2 is 2.00 bits per heavy atom. The Kier molecular flexibility index (Phi) is 7.39. The second-order valence-electron chi connectivity index (χ2n) is 4.47. The molecule has 0 aliphatic rings. The summed E-state index contributed by atoms with van der Waals surface area (Å²) in [6.45, 7) is 7.73. The predicted octanol–water partition coefficient (Wildman–Crippen LogP) is 3.86. The van der Waals surface area contributed by atoms with E-state index in [9.17, 15) is 4.79 Å². The number of thiocarbonyl (C=S) groups is 1. The number of carbonyl (C=O) groups is 1. The molecule has 1 atom stereocenters. The van der Waals surface area contributed by atoms with Gasteiger partial charge in [0.2, 0.25) is 0 Å². The number of ether oxygens (including phenoxy) is 1. The molecule has 1 aromatic rings. The van der Waals surface area contributed by atoms with Gasteiger partial charge in [-0.1, -0.05) is 42.2 Å². The molecule has 0 N–H and O–H groups in total. The van der Waals surface area contributed by atoms with Crippen molar-refractivity contribution < 1.29 is 9.53 Å². The molecule has 0 aliphatic heterocycles. The number of esters is 1. The van der Waals surface area contributed by atoms with Crippen molar-refractivity contribution in [2.75, 3.05) is 11.6 Å². The quantitative estimate of drug-likeness (QED) is 0.356. The predicted molar refractivity (Wildman–Crippen MR) is 94.0 cm³/mol. The van der Waals surface area contributed by atoms with Crippen LogP contribution in [0.4, 0.5) is 5.69 Å². The van der Waals surface area contributed by atoms with Gasteiger partial charge < -0.3 is 4.74 Å². The molecule has 0 radical (unpaired) electrons. The van der Waals surface area contributed by atoms with E-state index in [1.807, 2.05) is 44.2 Å². The minimum atomic E-state index is -0.365. The molecule has 0 amide bonds. The molecule has 0 fully saturated rings. The van der Waals surface area contributed by atoms with Crippen LogP contribution in [-0.2, 0) is 9.53 Å². The van der Waals surface area contributed by atoms with Crippen LogP contribution < -0.4 is 5.01 Å². The van der Waals surface area contributed by atoms with Crippen molar-refractivity contribution in [1.82, 2.24) is 0 Å². The molecular weight excluding hydrogens is 304 g/mol. The van der Waals surface area contributed by atoms with Gasteiger partial charge in [0.1, 0.15) is 5.25 Å². The van der Waals surface area contributed by atoms with Gasteiger partial charge in [0.25, 0.3) is 0 Å². The lowest BCUT2D eigenvalue weighted by Crippen LogP contribution is -2.26. The van der Waals surface area contributed by atoms with Gasteiger partial charge >= 0.3 is 5.97 Å². The van der Waals surface area contributed by atoms with Crippen molar-refractivity contribution in [3.05, 3.63) is 30.3 Å². The largest absolute Gasteiger partial charge is 0.465 e. The van der Waals surface area contributed by atoms with Crippen LogP contribution in [0.2, 0.25) is 0 Å². The Morgan fingerprint density at radius 3 is 2.52 bits per heavy atom. The second kappa shape index (κ2) is 8.79. The number of hydrazone groups is 1. The third kappa shape index (κ3) is 5.85. The fraction of sp³-hybridized carbons (Fsp3) is 0.400. The van der Waals surface area contributed by atoms with Crippen LogP contribution in [0.3, 0.4) is 0 Å². The number of anilines is 1. The van der Waals surface area contributed by atoms with Crippen molar-refractivity contribution in [3.8, 4) is 0 Å². The lowest BCUT2D eigenvalue weighted by molar-refractivity contribution is -0.142. The van der Waals surface area contributed by atoms with Crippen molar-refractivity contribution in [3.63, 3.8) is 0 Å². The van der Waals surface area contributed by atoms with Crippen molar-refractivity contribution in [2.45, 2.75) is 32.9 Å². The van der Waals surface area contributed by atoms with Gasteiger partial charge in [-0.05, 0) is 39.8 Å². The maximum absolute atomic E-state index is 11.7. The van der Waals surface area contributed by atoms with E-state index in [-0.39, 0.29) is 11.2 Å². The highest BCUT2D eigenvalue weighted by Gasteiger charge is 2.21. The topological polar surface area (TPSA) is 41.9 Å². The van der Waals surface area contributed by atoms with Gasteiger partial charge in [-0.25, -0.2) is 5.01 Å². The molecule has 4 nitrogen and oxygen atoms in total. The maximum atomic E-state index is 11.7. The first kappa shape index (κ1) is 17.7. The molecule has 0 saturated heterocycles. The van der Waals surface area contributed by atoms with Crippen LogP contribution >= 0.6 is 24.0 Å². The first-order chi connectivity index (χ1) is 9.95. The van der Waals surface area contributed by atoms with Crippen LogP contribution in [0.15, 0.2) is 35.4 Å². The summed E-state index contributed by atoms with van der Waals surface area (Å²) in [6, 6.07) is 9.63. The summed E-state index contributed by atoms with van der Waals surface area (Å²) in [4.78, 5) is 11.7. The minimum absolute atomic E-state index is 0.268. The van der Waals surface area contributed by atoms with E-state index in [1.54, 1.807) is 18.9 Å². The molecule has 0 spiro atoms. The molecule has 114 valence electrons. The van der Waals surface area contributed by atoms with Gasteiger partial charge in [0.15, 0.2) is 4.32 Å². The Morgan fingerprint density at radius 1 is 1.38 bits per heavy atom. The first-order valence-corrected chi connectivity index (χ1v) is 7.98. The van der Waals surface area contributed by atoms with E-state index in [4.69, 9.17) is 17.0 Å². The molecule has 6 heteroatoms. The number of rotatable bonds is 5. The van der Waals surface area contributed by atoms with E-state index in [0.717, 1.165) is 11.4 Å². The zero-order valence-electron chi connectivity index (χ0n) is 12.7. The van der Waals surface area contributed by atoms with E-state index in [2.05, 4.69) is 5.10 Å². The normalized spacial score (nSPS) is 11.4. The highest BCUT2D eigenvalue weighted by Crippen LogP contribution is 2.23. The number of benzene rings is 1. The SMILES string of the molecule is CCOC(=O)C(C)SC(=S)N(N=C(C)C)c1ccccc1. The van der Waals surface area contributed by atoms with Gasteiger partial charge in [0.05, 0.1) is 12.3 Å². The van der Waals surface area contributed by atoms with Crippen molar-refractivity contribution in [2.24, 2.45) is 5.10 Å². The Bertz CT molecular complexity index is 514. The summed E-state index contributed by atoms with van der Waals surface area (Å²) in [5.41, 5.74) is 1.75. The van der Waals surface area contributed by atoms with E-state index >= 15 is 0 Å². The highest BCUT2D eigenvalue weighted by molar-refractivity contribution is 8.24. The summed E-state index contributed by atoms with van der Waals surface area (Å²) >= 11 is 6.70. The summed E-state index contributed by atoms with van der Waals surface area (Å²) in [5.74, 6) is -0.268. The number of hydrogen-bond donors (Lipinski definition) is 0. The fourth-order valence-electron chi connectivity index (χ4n) is 1.48. The zero-order chi connectivity index (χ0) is 15.8. The summed E-state index contributed by atoms with van der Waals surface area (Å²) in [5, 5.41) is 5.75. The number of para-hydroxylation sites is 1. The second-order valence-corrected chi connectivity index (χ2v) is 6.45. The lowest BCUT2D eigenvalue weighted by Gasteiger charge is -2.21. The first-order valence-electron chi connectivity index (χ1n) is 6.70. The molecule has 0 saturated carbocycles. The minimum Gasteiger partial charge on any atom is -0.465 e. The number of hydrogen-bond acceptors (Lipinski definition) is 5. The van der Waals surface area contributed by atoms with E-state index in [0.29, 0.717) is 10.9 Å². The van der Waals surface area contributed by atoms with Gasteiger partial charge in [-0.2, -0.15) is 5.10 Å². The molecule has 21 heavy (non-hydrogen) atoms. The lowest BCUT2D eigenvalue weighted by atomic mass is 10.3. The Labute approximate surface area is 135 Å². The molecule has 0 aliphatic carbocycles. The van der Waals surface area contributed by atoms with Crippen molar-refractivity contribution >= 4 is 45.7 Å². The average Bonchev–Trinajstić information content (AvgIpc) is 2.45. The van der Waals surface area contributed by atoms with Crippen LogP contribution in [0, 0.1) is 0 Å². The number of carbonyl (C=O) groups excluding carboxylic acids is 1. The summed E-state index contributed by atoms with van der Waals surface area (Å²) in [7, 11) is 0. The Balaban J connectivity index is 2.87. The summed E-state index contributed by atoms with van der Waals surface area (Å²) < 4.78 is 5.51. The molecule has 0 bridgehead atoms. The smallest absolute Gasteiger partial charge is 0.319 e. The summed E-state index contributed by atoms with van der Waals surface area (Å²) in [6.07, 6.45) is 0. The molecular formula is C15H20N2O2S2. The highest BCUT2D eigenvalue weighted by atomic mass is 32.2. The molecule has 1 aromatic carbocycles. The van der Waals surface area contributed by atoms with Crippen LogP contribution in [-0.4, -0.2) is 27.9 Å². The standard InChI is InChI=1S/C15H20N2O2S2/c1-5-19-14(18)12(4)21-15(20)17(16-11(2)3)13-9-7-6-8-10-13/h6-10,12H,5H2,1-4H3. The van der Waals surface area contributed by atoms with Gasteiger partial charge in [-0.3, -0.25) is 4.79 Å². The van der Waals surface area contributed by atoms with Gasteiger partial charge in [-0.15, -0.1) is 0 Å². The van der Waals surface area contributed by atoms with E-state index < -0.39 is 0 Å². The van der Waals surface area contributed by atoms with Gasteiger partial charge in [0, 0.05) is 5.71 Å². The zero-order valence-corrected chi connectivity index (χ0v) is 14.3. The monoisotopic (exact) mass is 324 g/mol. The van der Waals surface area contributed by atoms with Crippen LogP contribution in [0.1, 0.15) is 27.7 Å². The molecule has 1 rings (SSSR count). The van der Waals surface area contributed by atoms with Crippen LogP contribution in [0.5, 0.6) is 0 Å².